The second kappa shape index (κ2) is 7.03. The summed E-state index contributed by atoms with van der Waals surface area (Å²) in [5.74, 6) is -0.590. The predicted octanol–water partition coefficient (Wildman–Crippen LogP) is 1.46. The van der Waals surface area contributed by atoms with Crippen LogP contribution in [0.15, 0.2) is 53.7 Å². The van der Waals surface area contributed by atoms with Crippen LogP contribution in [0.25, 0.3) is 0 Å². The van der Waals surface area contributed by atoms with Crippen molar-refractivity contribution in [2.75, 3.05) is 11.5 Å². The molecule has 2 aromatic rings. The minimum absolute atomic E-state index is 0.0761. The van der Waals surface area contributed by atoms with Gasteiger partial charge in [-0.05, 0) is 35.9 Å². The third-order valence-electron chi connectivity index (χ3n) is 4.13. The third kappa shape index (κ3) is 4.20. The van der Waals surface area contributed by atoms with Crippen molar-refractivity contribution in [3.05, 3.63) is 59.4 Å². The summed E-state index contributed by atoms with van der Waals surface area (Å²) in [7, 11) is -7.23. The largest absolute Gasteiger partial charge is 0.308 e. The second-order valence-corrected chi connectivity index (χ2v) is 10.7. The normalized spacial score (nSPS) is 22.8. The van der Waals surface area contributed by atoms with Crippen molar-refractivity contribution in [1.29, 1.82) is 0 Å². The highest BCUT2D eigenvalue weighted by Gasteiger charge is 2.45. The van der Waals surface area contributed by atoms with Crippen molar-refractivity contribution in [2.45, 2.75) is 22.7 Å². The molecule has 134 valence electrons. The lowest BCUT2D eigenvalue weighted by Crippen LogP contribution is -2.43. The van der Waals surface area contributed by atoms with Crippen LogP contribution in [0.3, 0.4) is 0 Å². The lowest BCUT2D eigenvalue weighted by atomic mass is 10.2. The zero-order valence-electron chi connectivity index (χ0n) is 13.2. The number of nitrogens with zero attached hydrogens (tertiary/aromatic N) is 1. The number of hydrogen-bond acceptors (Lipinski definition) is 6. The molecule has 1 saturated heterocycles. The number of nitrogens with one attached hydrogen (secondary N) is 1. The Kier molecular flexibility index (Phi) is 5.15. The molecule has 0 spiro atoms. The quantitative estimate of drug-likeness (QED) is 0.816. The van der Waals surface area contributed by atoms with Crippen LogP contribution < -0.4 is 5.32 Å². The molecule has 0 saturated carbocycles. The topological polar surface area (TPSA) is 93.2 Å². The van der Waals surface area contributed by atoms with E-state index >= 15 is 0 Å². The van der Waals surface area contributed by atoms with Gasteiger partial charge in [-0.3, -0.25) is 4.98 Å². The Morgan fingerprint density at radius 1 is 1.16 bits per heavy atom. The summed E-state index contributed by atoms with van der Waals surface area (Å²) in [5.41, 5.74) is 0.856. The molecule has 6 nitrogen and oxygen atoms in total. The highest BCUT2D eigenvalue weighted by molar-refractivity contribution is 7.96. The number of hydrogen-bond donors (Lipinski definition) is 1. The van der Waals surface area contributed by atoms with Gasteiger partial charge in [-0.2, -0.15) is 0 Å². The van der Waals surface area contributed by atoms with E-state index < -0.39 is 31.0 Å². The van der Waals surface area contributed by atoms with E-state index in [2.05, 4.69) is 10.3 Å². The van der Waals surface area contributed by atoms with Crippen LogP contribution in [-0.2, 0) is 26.2 Å². The van der Waals surface area contributed by atoms with Crippen molar-refractivity contribution in [2.24, 2.45) is 0 Å². The molecule has 0 radical (unpaired) electrons. The van der Waals surface area contributed by atoms with E-state index in [1.165, 1.54) is 24.3 Å². The van der Waals surface area contributed by atoms with E-state index in [9.17, 15) is 16.8 Å². The van der Waals surface area contributed by atoms with Gasteiger partial charge < -0.3 is 5.32 Å². The number of aromatic nitrogens is 1. The van der Waals surface area contributed by atoms with Crippen LogP contribution in [0.4, 0.5) is 0 Å². The smallest absolute Gasteiger partial charge is 0.183 e. The van der Waals surface area contributed by atoms with Crippen molar-refractivity contribution < 1.29 is 16.8 Å². The first-order valence-corrected chi connectivity index (χ1v) is 11.3. The van der Waals surface area contributed by atoms with Crippen molar-refractivity contribution in [1.82, 2.24) is 10.3 Å². The molecule has 1 aromatic heterocycles. The van der Waals surface area contributed by atoms with Gasteiger partial charge in [0.1, 0.15) is 0 Å². The van der Waals surface area contributed by atoms with Gasteiger partial charge in [0, 0.05) is 30.0 Å². The molecule has 1 aliphatic heterocycles. The maximum Gasteiger partial charge on any atom is 0.183 e. The molecular formula is C16H17ClN2O4S2. The summed E-state index contributed by atoms with van der Waals surface area (Å²) in [6.45, 7) is 0.348. The Labute approximate surface area is 152 Å². The molecule has 9 heteroatoms. The van der Waals surface area contributed by atoms with Gasteiger partial charge in [-0.25, -0.2) is 16.8 Å². The molecule has 3 rings (SSSR count). The minimum atomic E-state index is -3.80. The van der Waals surface area contributed by atoms with E-state index in [1.807, 2.05) is 6.07 Å². The molecule has 25 heavy (non-hydrogen) atoms. The molecule has 0 bridgehead atoms. The maximum absolute atomic E-state index is 12.9. The number of pyridine rings is 1. The maximum atomic E-state index is 12.9. The third-order valence-corrected chi connectivity index (χ3v) is 8.55. The predicted molar refractivity (Wildman–Crippen MR) is 95.9 cm³/mol. The number of rotatable bonds is 5. The van der Waals surface area contributed by atoms with Gasteiger partial charge >= 0.3 is 0 Å². The SMILES string of the molecule is O=S1(=O)C[C@H](NCc2cccnc2)[C@@H](S(=O)(=O)c2ccc(Cl)cc2)C1. The summed E-state index contributed by atoms with van der Waals surface area (Å²) in [6, 6.07) is 8.70. The van der Waals surface area contributed by atoms with E-state index in [0.29, 0.717) is 11.6 Å². The summed E-state index contributed by atoms with van der Waals surface area (Å²) < 4.78 is 49.9. The van der Waals surface area contributed by atoms with E-state index in [-0.39, 0.29) is 16.4 Å². The molecule has 1 fully saturated rings. The average molecular weight is 401 g/mol. The van der Waals surface area contributed by atoms with Gasteiger partial charge in [0.15, 0.2) is 19.7 Å². The summed E-state index contributed by atoms with van der Waals surface area (Å²) in [5, 5.41) is 2.45. The van der Waals surface area contributed by atoms with E-state index in [0.717, 1.165) is 5.56 Å². The molecule has 1 N–H and O–H groups in total. The fraction of sp³-hybridized carbons (Fsp3) is 0.312. The van der Waals surface area contributed by atoms with E-state index in [4.69, 9.17) is 11.6 Å². The van der Waals surface area contributed by atoms with Crippen molar-refractivity contribution in [3.63, 3.8) is 0 Å². The number of halogens is 1. The zero-order chi connectivity index (χ0) is 18.1. The van der Waals surface area contributed by atoms with Crippen molar-refractivity contribution in [3.8, 4) is 0 Å². The monoisotopic (exact) mass is 400 g/mol. The summed E-state index contributed by atoms with van der Waals surface area (Å²) >= 11 is 5.80. The van der Waals surface area contributed by atoms with Crippen LogP contribution in [-0.4, -0.2) is 44.6 Å². The molecule has 1 aromatic carbocycles. The van der Waals surface area contributed by atoms with Crippen LogP contribution in [0.1, 0.15) is 5.56 Å². The van der Waals surface area contributed by atoms with Gasteiger partial charge in [0.05, 0.1) is 21.7 Å². The molecule has 0 aliphatic carbocycles. The van der Waals surface area contributed by atoms with E-state index in [1.54, 1.807) is 18.5 Å². The Hall–Kier alpha value is -1.48. The van der Waals surface area contributed by atoms with Crippen LogP contribution in [0.2, 0.25) is 5.02 Å². The second-order valence-electron chi connectivity index (χ2n) is 5.96. The Morgan fingerprint density at radius 3 is 2.52 bits per heavy atom. The summed E-state index contributed by atoms with van der Waals surface area (Å²) in [4.78, 5) is 4.07. The molecule has 0 amide bonds. The Bertz CT molecular complexity index is 945. The van der Waals surface area contributed by atoms with Gasteiger partial charge in [0.2, 0.25) is 0 Å². The Balaban J connectivity index is 1.85. The Morgan fingerprint density at radius 2 is 1.88 bits per heavy atom. The fourth-order valence-corrected chi connectivity index (χ4v) is 7.70. The first kappa shape index (κ1) is 18.3. The molecule has 0 unspecified atom stereocenters. The number of benzene rings is 1. The highest BCUT2D eigenvalue weighted by atomic mass is 35.5. The molecule has 1 aliphatic rings. The fourth-order valence-electron chi connectivity index (χ4n) is 2.86. The molecule has 2 atom stereocenters. The standard InChI is InChI=1S/C16H17ClN2O4S2/c17-13-3-5-14(6-4-13)25(22,23)16-11-24(20,21)10-15(16)19-9-12-2-1-7-18-8-12/h1-8,15-16,19H,9-11H2/t15-,16-/m0/s1. The minimum Gasteiger partial charge on any atom is -0.308 e. The molecule has 2 heterocycles. The zero-order valence-corrected chi connectivity index (χ0v) is 15.6. The number of sulfone groups is 2. The highest BCUT2D eigenvalue weighted by Crippen LogP contribution is 2.27. The van der Waals surface area contributed by atoms with Crippen LogP contribution in [0, 0.1) is 0 Å². The molecular weight excluding hydrogens is 384 g/mol. The average Bonchev–Trinajstić information content (AvgIpc) is 2.90. The van der Waals surface area contributed by atoms with Crippen LogP contribution >= 0.6 is 11.6 Å². The lowest BCUT2D eigenvalue weighted by molar-refractivity contribution is 0.525. The van der Waals surface area contributed by atoms with Crippen molar-refractivity contribution >= 4 is 31.3 Å². The first-order valence-electron chi connectivity index (χ1n) is 7.60. The first-order chi connectivity index (χ1) is 11.8. The summed E-state index contributed by atoms with van der Waals surface area (Å²) in [6.07, 6.45) is 3.29. The van der Waals surface area contributed by atoms with Gasteiger partial charge in [-0.1, -0.05) is 17.7 Å². The lowest BCUT2D eigenvalue weighted by Gasteiger charge is -2.20. The van der Waals surface area contributed by atoms with Gasteiger partial charge in [0.25, 0.3) is 0 Å². The van der Waals surface area contributed by atoms with Crippen LogP contribution in [0.5, 0.6) is 0 Å². The van der Waals surface area contributed by atoms with Gasteiger partial charge in [-0.15, -0.1) is 0 Å².